The first-order chi connectivity index (χ1) is 18.3. The van der Waals surface area contributed by atoms with E-state index in [4.69, 9.17) is 9.47 Å². The molecular formula is C31H32N2O5. The number of hydrogen-bond acceptors (Lipinski definition) is 5. The van der Waals surface area contributed by atoms with Crippen LogP contribution in [0.4, 0.5) is 5.69 Å². The third kappa shape index (κ3) is 5.94. The van der Waals surface area contributed by atoms with Crippen LogP contribution in [0.1, 0.15) is 55.1 Å². The third-order valence-electron chi connectivity index (χ3n) is 6.21. The molecule has 1 heterocycles. The summed E-state index contributed by atoms with van der Waals surface area (Å²) in [7, 11) is 0. The van der Waals surface area contributed by atoms with Gasteiger partial charge in [0.1, 0.15) is 18.0 Å². The van der Waals surface area contributed by atoms with Gasteiger partial charge in [0.15, 0.2) is 5.78 Å². The minimum atomic E-state index is -0.430. The first-order valence-corrected chi connectivity index (χ1v) is 12.8. The summed E-state index contributed by atoms with van der Waals surface area (Å²) >= 11 is 0. The molecule has 3 aromatic carbocycles. The molecule has 38 heavy (non-hydrogen) atoms. The molecule has 0 saturated carbocycles. The minimum Gasteiger partial charge on any atom is -0.494 e. The van der Waals surface area contributed by atoms with Crippen LogP contribution in [-0.2, 0) is 11.3 Å². The SMILES string of the molecule is CCOc1ccc(C(=O)c2cn(CC(=O)Nc3ccc(C(C)C)cc3)c3ccc(OCC)cc3c2=O)cc1. The van der Waals surface area contributed by atoms with Crippen molar-refractivity contribution in [2.24, 2.45) is 0 Å². The maximum absolute atomic E-state index is 13.5. The lowest BCUT2D eigenvalue weighted by Gasteiger charge is -2.15. The van der Waals surface area contributed by atoms with E-state index in [2.05, 4.69) is 19.2 Å². The van der Waals surface area contributed by atoms with E-state index in [9.17, 15) is 14.4 Å². The van der Waals surface area contributed by atoms with Crippen LogP contribution >= 0.6 is 0 Å². The molecule has 1 aromatic heterocycles. The number of nitrogens with zero attached hydrogens (tertiary/aromatic N) is 1. The third-order valence-corrected chi connectivity index (χ3v) is 6.21. The van der Waals surface area contributed by atoms with Gasteiger partial charge in [-0.05, 0) is 79.9 Å². The van der Waals surface area contributed by atoms with Gasteiger partial charge < -0.3 is 19.4 Å². The molecule has 1 N–H and O–H groups in total. The fourth-order valence-corrected chi connectivity index (χ4v) is 4.26. The van der Waals surface area contributed by atoms with Crippen molar-refractivity contribution in [3.8, 4) is 11.5 Å². The van der Waals surface area contributed by atoms with Crippen LogP contribution in [0.25, 0.3) is 10.9 Å². The molecule has 4 aromatic rings. The number of pyridine rings is 1. The van der Waals surface area contributed by atoms with E-state index in [1.54, 1.807) is 47.0 Å². The first-order valence-electron chi connectivity index (χ1n) is 12.8. The highest BCUT2D eigenvalue weighted by Gasteiger charge is 2.19. The van der Waals surface area contributed by atoms with E-state index < -0.39 is 11.2 Å². The van der Waals surface area contributed by atoms with Crippen molar-refractivity contribution in [3.63, 3.8) is 0 Å². The van der Waals surface area contributed by atoms with Gasteiger partial charge in [0.25, 0.3) is 0 Å². The fraction of sp³-hybridized carbons (Fsp3) is 0.258. The van der Waals surface area contributed by atoms with E-state index in [1.807, 2.05) is 38.1 Å². The van der Waals surface area contributed by atoms with Crippen LogP contribution in [0.2, 0.25) is 0 Å². The summed E-state index contributed by atoms with van der Waals surface area (Å²) in [5.74, 6) is 0.837. The molecule has 7 heteroatoms. The van der Waals surface area contributed by atoms with E-state index in [-0.39, 0.29) is 18.0 Å². The number of ketones is 1. The number of benzene rings is 3. The highest BCUT2D eigenvalue weighted by atomic mass is 16.5. The topological polar surface area (TPSA) is 86.6 Å². The largest absolute Gasteiger partial charge is 0.494 e. The maximum Gasteiger partial charge on any atom is 0.244 e. The van der Waals surface area contributed by atoms with Crippen LogP contribution in [-0.4, -0.2) is 29.5 Å². The van der Waals surface area contributed by atoms with Crippen molar-refractivity contribution in [1.82, 2.24) is 4.57 Å². The molecule has 4 rings (SSSR count). The Kier molecular flexibility index (Phi) is 8.26. The zero-order chi connectivity index (χ0) is 27.2. The second kappa shape index (κ2) is 11.8. The quantitative estimate of drug-likeness (QED) is 0.272. The fourth-order valence-electron chi connectivity index (χ4n) is 4.26. The minimum absolute atomic E-state index is 0.0237. The highest BCUT2D eigenvalue weighted by molar-refractivity contribution is 6.10. The zero-order valence-electron chi connectivity index (χ0n) is 22.1. The number of nitrogens with one attached hydrogen (secondary N) is 1. The number of rotatable bonds is 10. The number of fused-ring (bicyclic) bond motifs is 1. The van der Waals surface area contributed by atoms with Gasteiger partial charge in [-0.1, -0.05) is 26.0 Å². The van der Waals surface area contributed by atoms with Gasteiger partial charge in [0, 0.05) is 17.4 Å². The van der Waals surface area contributed by atoms with Crippen LogP contribution in [0.3, 0.4) is 0 Å². The van der Waals surface area contributed by atoms with Gasteiger partial charge in [-0.15, -0.1) is 0 Å². The van der Waals surface area contributed by atoms with Gasteiger partial charge in [-0.2, -0.15) is 0 Å². The number of carbonyl (C=O) groups excluding carboxylic acids is 2. The van der Waals surface area contributed by atoms with Gasteiger partial charge in [0.05, 0.1) is 29.7 Å². The number of anilines is 1. The maximum atomic E-state index is 13.5. The summed E-state index contributed by atoms with van der Waals surface area (Å²) < 4.78 is 12.7. The lowest BCUT2D eigenvalue weighted by molar-refractivity contribution is -0.116. The lowest BCUT2D eigenvalue weighted by Crippen LogP contribution is -2.24. The zero-order valence-corrected chi connectivity index (χ0v) is 22.1. The Labute approximate surface area is 222 Å². The highest BCUT2D eigenvalue weighted by Crippen LogP contribution is 2.22. The summed E-state index contributed by atoms with van der Waals surface area (Å²) in [6.45, 7) is 8.81. The Hall–Kier alpha value is -4.39. The van der Waals surface area contributed by atoms with Crippen LogP contribution in [0, 0.1) is 0 Å². The molecule has 7 nitrogen and oxygen atoms in total. The predicted molar refractivity (Wildman–Crippen MR) is 150 cm³/mol. The van der Waals surface area contributed by atoms with E-state index in [0.29, 0.717) is 52.8 Å². The Morgan fingerprint density at radius 2 is 1.50 bits per heavy atom. The molecule has 0 saturated heterocycles. The standard InChI is InChI=1S/C31H32N2O5/c1-5-37-24-13-9-22(10-14-24)30(35)27-18-33(28-16-15-25(38-6-2)17-26(28)31(27)36)19-29(34)32-23-11-7-21(8-12-23)20(3)4/h7-18,20H,5-6,19H2,1-4H3,(H,32,34). The number of aromatic nitrogens is 1. The van der Waals surface area contributed by atoms with Crippen molar-refractivity contribution >= 4 is 28.3 Å². The molecule has 0 radical (unpaired) electrons. The van der Waals surface area contributed by atoms with Gasteiger partial charge in [-0.3, -0.25) is 14.4 Å². The van der Waals surface area contributed by atoms with Crippen molar-refractivity contribution in [2.45, 2.75) is 40.2 Å². The normalized spacial score (nSPS) is 11.0. The summed E-state index contributed by atoms with van der Waals surface area (Å²) in [4.78, 5) is 39.9. The van der Waals surface area contributed by atoms with Crippen LogP contribution in [0.5, 0.6) is 11.5 Å². The first kappa shape index (κ1) is 26.7. The number of amides is 1. The molecule has 0 unspecified atom stereocenters. The Morgan fingerprint density at radius 3 is 2.13 bits per heavy atom. The molecule has 0 spiro atoms. The molecule has 0 aliphatic rings. The average Bonchev–Trinajstić information content (AvgIpc) is 2.91. The molecule has 196 valence electrons. The number of carbonyl (C=O) groups is 2. The molecule has 0 aliphatic heterocycles. The molecule has 1 amide bonds. The van der Waals surface area contributed by atoms with Gasteiger partial charge >= 0.3 is 0 Å². The summed E-state index contributed by atoms with van der Waals surface area (Å²) in [6, 6.07) is 19.5. The lowest BCUT2D eigenvalue weighted by atomic mass is 10.0. The Balaban J connectivity index is 1.71. The number of hydrogen-bond donors (Lipinski definition) is 1. The van der Waals surface area contributed by atoms with Crippen molar-refractivity contribution < 1.29 is 19.1 Å². The second-order valence-corrected chi connectivity index (χ2v) is 9.22. The smallest absolute Gasteiger partial charge is 0.244 e. The molecule has 0 atom stereocenters. The summed E-state index contributed by atoms with van der Waals surface area (Å²) in [6.07, 6.45) is 1.46. The van der Waals surface area contributed by atoms with E-state index in [0.717, 1.165) is 0 Å². The van der Waals surface area contributed by atoms with E-state index >= 15 is 0 Å². The van der Waals surface area contributed by atoms with Crippen molar-refractivity contribution in [3.05, 3.63) is 99.8 Å². The predicted octanol–water partition coefficient (Wildman–Crippen LogP) is 5.79. The molecular weight excluding hydrogens is 480 g/mol. The van der Waals surface area contributed by atoms with Crippen LogP contribution in [0.15, 0.2) is 77.7 Å². The van der Waals surface area contributed by atoms with Gasteiger partial charge in [-0.25, -0.2) is 0 Å². The Morgan fingerprint density at radius 1 is 0.868 bits per heavy atom. The molecule has 0 fully saturated rings. The summed E-state index contributed by atoms with van der Waals surface area (Å²) in [5, 5.41) is 3.21. The van der Waals surface area contributed by atoms with Crippen LogP contribution < -0.4 is 20.2 Å². The van der Waals surface area contributed by atoms with Gasteiger partial charge in [0.2, 0.25) is 11.3 Å². The monoisotopic (exact) mass is 512 g/mol. The van der Waals surface area contributed by atoms with E-state index in [1.165, 1.54) is 11.8 Å². The molecule has 0 aliphatic carbocycles. The second-order valence-electron chi connectivity index (χ2n) is 9.22. The molecule has 0 bridgehead atoms. The van der Waals surface area contributed by atoms with Crippen molar-refractivity contribution in [1.29, 1.82) is 0 Å². The number of ether oxygens (including phenoxy) is 2. The average molecular weight is 513 g/mol. The summed E-state index contributed by atoms with van der Waals surface area (Å²) in [5.41, 5.74) is 2.30. The van der Waals surface area contributed by atoms with Crippen molar-refractivity contribution in [2.75, 3.05) is 18.5 Å². The Bertz CT molecular complexity index is 1500.